The summed E-state index contributed by atoms with van der Waals surface area (Å²) < 4.78 is 0. The summed E-state index contributed by atoms with van der Waals surface area (Å²) in [7, 11) is 0. The van der Waals surface area contributed by atoms with Crippen LogP contribution < -0.4 is 11.1 Å². The fourth-order valence-corrected chi connectivity index (χ4v) is 2.44. The van der Waals surface area contributed by atoms with E-state index in [0.29, 0.717) is 13.0 Å². The standard InChI is InChI=1S/C10H17N3O2/c11-9(13-15)1-2-12-10(14)8-4-6-3-7(6)5-8/h6-8,15H,1-5H2,(H2,11,13)(H,12,14). The van der Waals surface area contributed by atoms with Gasteiger partial charge in [-0.3, -0.25) is 4.79 Å². The van der Waals surface area contributed by atoms with Gasteiger partial charge in [0.25, 0.3) is 0 Å². The Balaban J connectivity index is 1.64. The van der Waals surface area contributed by atoms with Gasteiger partial charge in [-0.2, -0.15) is 0 Å². The first-order valence-electron chi connectivity index (χ1n) is 5.45. The summed E-state index contributed by atoms with van der Waals surface area (Å²) in [4.78, 5) is 11.6. The van der Waals surface area contributed by atoms with Crippen molar-refractivity contribution in [2.45, 2.75) is 25.7 Å². The summed E-state index contributed by atoms with van der Waals surface area (Å²) >= 11 is 0. The van der Waals surface area contributed by atoms with Crippen LogP contribution in [-0.4, -0.2) is 23.5 Å². The molecule has 2 atom stereocenters. The third-order valence-corrected chi connectivity index (χ3v) is 3.42. The van der Waals surface area contributed by atoms with Crippen molar-refractivity contribution >= 4 is 11.7 Å². The summed E-state index contributed by atoms with van der Waals surface area (Å²) in [5.74, 6) is 2.15. The van der Waals surface area contributed by atoms with Gasteiger partial charge in [0.15, 0.2) is 0 Å². The number of amides is 1. The molecule has 0 heterocycles. The van der Waals surface area contributed by atoms with Crippen molar-refractivity contribution < 1.29 is 10.0 Å². The Hall–Kier alpha value is -1.26. The molecule has 0 aromatic rings. The molecule has 0 bridgehead atoms. The third-order valence-electron chi connectivity index (χ3n) is 3.42. The zero-order valence-electron chi connectivity index (χ0n) is 8.65. The SMILES string of the molecule is NC(CCNC(=O)C1CC2CC2C1)=NO. The Morgan fingerprint density at radius 1 is 1.40 bits per heavy atom. The van der Waals surface area contributed by atoms with Gasteiger partial charge >= 0.3 is 0 Å². The lowest BCUT2D eigenvalue weighted by molar-refractivity contribution is -0.125. The van der Waals surface area contributed by atoms with Crippen LogP contribution in [0, 0.1) is 17.8 Å². The Labute approximate surface area is 88.7 Å². The lowest BCUT2D eigenvalue weighted by Crippen LogP contribution is -2.32. The maximum atomic E-state index is 11.6. The fourth-order valence-electron chi connectivity index (χ4n) is 2.44. The van der Waals surface area contributed by atoms with Crippen LogP contribution in [0.15, 0.2) is 5.16 Å². The highest BCUT2D eigenvalue weighted by molar-refractivity contribution is 5.82. The van der Waals surface area contributed by atoms with Crippen LogP contribution in [-0.2, 0) is 4.79 Å². The molecular weight excluding hydrogens is 194 g/mol. The predicted octanol–water partition coefficient (Wildman–Crippen LogP) is 0.285. The van der Waals surface area contributed by atoms with E-state index in [-0.39, 0.29) is 17.7 Å². The zero-order chi connectivity index (χ0) is 10.8. The Bertz CT molecular complexity index is 280. The third kappa shape index (κ3) is 2.40. The maximum Gasteiger partial charge on any atom is 0.223 e. The molecule has 15 heavy (non-hydrogen) atoms. The first-order chi connectivity index (χ1) is 7.20. The van der Waals surface area contributed by atoms with Gasteiger partial charge in [-0.25, -0.2) is 0 Å². The number of carbonyl (C=O) groups excluding carboxylic acids is 1. The average molecular weight is 211 g/mol. The number of oxime groups is 1. The van der Waals surface area contributed by atoms with E-state index in [4.69, 9.17) is 10.9 Å². The first-order valence-corrected chi connectivity index (χ1v) is 5.45. The highest BCUT2D eigenvalue weighted by Crippen LogP contribution is 2.54. The van der Waals surface area contributed by atoms with Crippen molar-refractivity contribution in [3.63, 3.8) is 0 Å². The molecule has 2 rings (SSSR count). The van der Waals surface area contributed by atoms with Crippen LogP contribution in [0.3, 0.4) is 0 Å². The monoisotopic (exact) mass is 211 g/mol. The van der Waals surface area contributed by atoms with Crippen LogP contribution in [0.1, 0.15) is 25.7 Å². The number of carbonyl (C=O) groups is 1. The minimum atomic E-state index is 0.132. The molecule has 0 radical (unpaired) electrons. The smallest absolute Gasteiger partial charge is 0.223 e. The number of nitrogens with zero attached hydrogens (tertiary/aromatic N) is 1. The van der Waals surface area contributed by atoms with Crippen molar-refractivity contribution in [2.24, 2.45) is 28.6 Å². The zero-order valence-corrected chi connectivity index (χ0v) is 8.65. The molecule has 0 aromatic carbocycles. The second kappa shape index (κ2) is 4.08. The molecule has 84 valence electrons. The Morgan fingerprint density at radius 2 is 2.07 bits per heavy atom. The van der Waals surface area contributed by atoms with Gasteiger partial charge in [-0.1, -0.05) is 5.16 Å². The van der Waals surface area contributed by atoms with Crippen molar-refractivity contribution in [1.82, 2.24) is 5.32 Å². The number of fused-ring (bicyclic) bond motifs is 1. The first kappa shape index (κ1) is 10.3. The van der Waals surface area contributed by atoms with Crippen LogP contribution in [0.4, 0.5) is 0 Å². The number of amidine groups is 1. The second-order valence-corrected chi connectivity index (χ2v) is 4.56. The molecule has 2 unspecified atom stereocenters. The molecule has 1 amide bonds. The van der Waals surface area contributed by atoms with Gasteiger partial charge in [0.1, 0.15) is 5.84 Å². The maximum absolute atomic E-state index is 11.6. The summed E-state index contributed by atoms with van der Waals surface area (Å²) in [6, 6.07) is 0. The largest absolute Gasteiger partial charge is 0.409 e. The quantitative estimate of drug-likeness (QED) is 0.270. The minimum absolute atomic E-state index is 0.132. The van der Waals surface area contributed by atoms with Crippen molar-refractivity contribution in [3.05, 3.63) is 0 Å². The van der Waals surface area contributed by atoms with Gasteiger partial charge in [-0.05, 0) is 31.1 Å². The van der Waals surface area contributed by atoms with E-state index in [2.05, 4.69) is 10.5 Å². The minimum Gasteiger partial charge on any atom is -0.409 e. The molecule has 5 nitrogen and oxygen atoms in total. The van der Waals surface area contributed by atoms with Gasteiger partial charge < -0.3 is 16.3 Å². The lowest BCUT2D eigenvalue weighted by atomic mass is 10.0. The summed E-state index contributed by atoms with van der Waals surface area (Å²) in [5, 5.41) is 14.0. The lowest BCUT2D eigenvalue weighted by Gasteiger charge is -2.11. The Morgan fingerprint density at radius 3 is 2.67 bits per heavy atom. The average Bonchev–Trinajstić information content (AvgIpc) is 2.85. The van der Waals surface area contributed by atoms with Crippen LogP contribution in [0.5, 0.6) is 0 Å². The van der Waals surface area contributed by atoms with Crippen molar-refractivity contribution in [3.8, 4) is 0 Å². The molecule has 2 fully saturated rings. The molecule has 0 aromatic heterocycles. The molecule has 5 heteroatoms. The number of nitrogens with one attached hydrogen (secondary N) is 1. The van der Waals surface area contributed by atoms with Gasteiger partial charge in [-0.15, -0.1) is 0 Å². The molecule has 0 aliphatic heterocycles. The van der Waals surface area contributed by atoms with Crippen LogP contribution in [0.25, 0.3) is 0 Å². The van der Waals surface area contributed by atoms with E-state index in [9.17, 15) is 4.79 Å². The summed E-state index contributed by atoms with van der Waals surface area (Å²) in [6.07, 6.45) is 3.84. The molecule has 2 saturated carbocycles. The molecule has 2 aliphatic carbocycles. The summed E-state index contributed by atoms with van der Waals surface area (Å²) in [5.41, 5.74) is 5.29. The number of rotatable bonds is 4. The summed E-state index contributed by atoms with van der Waals surface area (Å²) in [6.45, 7) is 0.459. The second-order valence-electron chi connectivity index (χ2n) is 4.56. The number of hydrogen-bond donors (Lipinski definition) is 3. The van der Waals surface area contributed by atoms with Crippen molar-refractivity contribution in [2.75, 3.05) is 6.54 Å². The number of hydrogen-bond acceptors (Lipinski definition) is 3. The molecular formula is C10H17N3O2. The van der Waals surface area contributed by atoms with Crippen molar-refractivity contribution in [1.29, 1.82) is 0 Å². The van der Waals surface area contributed by atoms with E-state index in [0.717, 1.165) is 24.7 Å². The van der Waals surface area contributed by atoms with E-state index < -0.39 is 0 Å². The van der Waals surface area contributed by atoms with Gasteiger partial charge in [0, 0.05) is 18.9 Å². The molecule has 2 aliphatic rings. The predicted molar refractivity (Wildman–Crippen MR) is 55.4 cm³/mol. The topological polar surface area (TPSA) is 87.7 Å². The number of nitrogens with two attached hydrogens (primary N) is 1. The fraction of sp³-hybridized carbons (Fsp3) is 0.800. The highest BCUT2D eigenvalue weighted by atomic mass is 16.4. The Kier molecular flexibility index (Phi) is 2.79. The van der Waals surface area contributed by atoms with E-state index in [1.165, 1.54) is 6.42 Å². The molecule has 4 N–H and O–H groups in total. The normalized spacial score (nSPS) is 33.6. The van der Waals surface area contributed by atoms with E-state index in [1.807, 2.05) is 0 Å². The molecule has 0 saturated heterocycles. The highest BCUT2D eigenvalue weighted by Gasteiger charge is 2.47. The van der Waals surface area contributed by atoms with Gasteiger partial charge in [0.2, 0.25) is 5.91 Å². The van der Waals surface area contributed by atoms with E-state index >= 15 is 0 Å². The van der Waals surface area contributed by atoms with Gasteiger partial charge in [0.05, 0.1) is 0 Å². The van der Waals surface area contributed by atoms with E-state index in [1.54, 1.807) is 0 Å². The van der Waals surface area contributed by atoms with Crippen LogP contribution in [0.2, 0.25) is 0 Å². The van der Waals surface area contributed by atoms with Crippen LogP contribution >= 0.6 is 0 Å². The molecule has 0 spiro atoms.